The van der Waals surface area contributed by atoms with E-state index in [0.717, 1.165) is 6.42 Å². The second-order valence-electron chi connectivity index (χ2n) is 5.17. The lowest BCUT2D eigenvalue weighted by Crippen LogP contribution is -2.40. The first-order chi connectivity index (χ1) is 9.46. The molecule has 0 heterocycles. The van der Waals surface area contributed by atoms with Crippen molar-refractivity contribution in [2.75, 3.05) is 13.1 Å². The average Bonchev–Trinajstić information content (AvgIpc) is 2.72. The Bertz CT molecular complexity index is 416. The van der Waals surface area contributed by atoms with Crippen LogP contribution in [-0.4, -0.2) is 46.4 Å². The quantitative estimate of drug-likeness (QED) is 0.333. The van der Waals surface area contributed by atoms with Gasteiger partial charge in [-0.15, -0.1) is 0 Å². The standard InChI is InChI=1S/C13H22N4O3/c1-3-17(4-2)12(19)8-10(18)9-13(20)7-5-6-11(13)15-16-14/h11,20H,3-9H2,1-2H3. The number of aliphatic hydroxyl groups is 1. The number of hydrogen-bond donors (Lipinski definition) is 1. The highest BCUT2D eigenvalue weighted by Crippen LogP contribution is 2.35. The van der Waals surface area contributed by atoms with Crippen LogP contribution in [0.2, 0.25) is 0 Å². The highest BCUT2D eigenvalue weighted by Gasteiger charge is 2.42. The highest BCUT2D eigenvalue weighted by atomic mass is 16.3. The van der Waals surface area contributed by atoms with Crippen LogP contribution in [0.15, 0.2) is 5.11 Å². The van der Waals surface area contributed by atoms with Crippen molar-refractivity contribution in [3.63, 3.8) is 0 Å². The van der Waals surface area contributed by atoms with Gasteiger partial charge >= 0.3 is 0 Å². The van der Waals surface area contributed by atoms with Crippen molar-refractivity contribution in [1.82, 2.24) is 4.90 Å². The van der Waals surface area contributed by atoms with Crippen LogP contribution in [0.1, 0.15) is 46.0 Å². The fourth-order valence-electron chi connectivity index (χ4n) is 2.73. The predicted molar refractivity (Wildman–Crippen MR) is 73.9 cm³/mol. The van der Waals surface area contributed by atoms with Gasteiger partial charge in [0.2, 0.25) is 5.91 Å². The normalized spacial score (nSPS) is 25.1. The monoisotopic (exact) mass is 282 g/mol. The summed E-state index contributed by atoms with van der Waals surface area (Å²) in [6, 6.07) is -0.569. The lowest BCUT2D eigenvalue weighted by molar-refractivity contribution is -0.136. The van der Waals surface area contributed by atoms with Crippen LogP contribution in [0.3, 0.4) is 0 Å². The molecule has 0 aromatic heterocycles. The van der Waals surface area contributed by atoms with Crippen molar-refractivity contribution in [3.05, 3.63) is 10.4 Å². The predicted octanol–water partition coefficient (Wildman–Crippen LogP) is 1.80. The van der Waals surface area contributed by atoms with Gasteiger partial charge in [0, 0.05) is 24.4 Å². The summed E-state index contributed by atoms with van der Waals surface area (Å²) in [5, 5.41) is 14.0. The largest absolute Gasteiger partial charge is 0.389 e. The van der Waals surface area contributed by atoms with Gasteiger partial charge in [-0.2, -0.15) is 0 Å². The van der Waals surface area contributed by atoms with E-state index >= 15 is 0 Å². The summed E-state index contributed by atoms with van der Waals surface area (Å²) >= 11 is 0. The van der Waals surface area contributed by atoms with Gasteiger partial charge in [0.15, 0.2) is 0 Å². The van der Waals surface area contributed by atoms with E-state index < -0.39 is 11.6 Å². The van der Waals surface area contributed by atoms with Crippen LogP contribution >= 0.6 is 0 Å². The van der Waals surface area contributed by atoms with Crippen LogP contribution in [0.25, 0.3) is 10.4 Å². The molecular weight excluding hydrogens is 260 g/mol. The number of carbonyl (C=O) groups excluding carboxylic acids is 2. The Hall–Kier alpha value is -1.59. The number of rotatable bonds is 7. The van der Waals surface area contributed by atoms with Crippen LogP contribution in [-0.2, 0) is 9.59 Å². The topological polar surface area (TPSA) is 106 Å². The van der Waals surface area contributed by atoms with Gasteiger partial charge in [-0.1, -0.05) is 11.5 Å². The molecule has 1 rings (SSSR count). The maximum atomic E-state index is 12.0. The van der Waals surface area contributed by atoms with E-state index in [1.165, 1.54) is 0 Å². The number of carbonyl (C=O) groups is 2. The Balaban J connectivity index is 2.61. The van der Waals surface area contributed by atoms with Crippen molar-refractivity contribution < 1.29 is 14.7 Å². The van der Waals surface area contributed by atoms with Gasteiger partial charge in [-0.25, -0.2) is 0 Å². The lowest BCUT2D eigenvalue weighted by Gasteiger charge is -2.26. The smallest absolute Gasteiger partial charge is 0.229 e. The molecule has 1 N–H and O–H groups in total. The molecule has 1 aliphatic rings. The molecule has 20 heavy (non-hydrogen) atoms. The zero-order chi connectivity index (χ0) is 15.2. The molecule has 2 unspecified atom stereocenters. The van der Waals surface area contributed by atoms with E-state index in [0.29, 0.717) is 25.9 Å². The van der Waals surface area contributed by atoms with Crippen LogP contribution in [0.5, 0.6) is 0 Å². The minimum Gasteiger partial charge on any atom is -0.389 e. The molecule has 1 amide bonds. The number of ketones is 1. The van der Waals surface area contributed by atoms with Crippen molar-refractivity contribution in [2.45, 2.75) is 57.6 Å². The van der Waals surface area contributed by atoms with Crippen molar-refractivity contribution >= 4 is 11.7 Å². The summed E-state index contributed by atoms with van der Waals surface area (Å²) in [5.74, 6) is -0.522. The summed E-state index contributed by atoms with van der Waals surface area (Å²) in [4.78, 5) is 28.1. The van der Waals surface area contributed by atoms with Crippen LogP contribution < -0.4 is 0 Å². The Morgan fingerprint density at radius 2 is 2.10 bits per heavy atom. The van der Waals surface area contributed by atoms with E-state index in [2.05, 4.69) is 10.0 Å². The zero-order valence-corrected chi connectivity index (χ0v) is 12.1. The Morgan fingerprint density at radius 3 is 2.65 bits per heavy atom. The molecule has 7 heteroatoms. The second-order valence-corrected chi connectivity index (χ2v) is 5.17. The van der Waals surface area contributed by atoms with Gasteiger partial charge < -0.3 is 10.0 Å². The average molecular weight is 282 g/mol. The summed E-state index contributed by atoms with van der Waals surface area (Å²) in [6.45, 7) is 4.84. The van der Waals surface area contributed by atoms with E-state index in [-0.39, 0.29) is 24.5 Å². The van der Waals surface area contributed by atoms with Gasteiger partial charge in [0.25, 0.3) is 0 Å². The number of Topliss-reactive ketones (excluding diaryl/α,β-unsaturated/α-hetero) is 1. The molecule has 2 atom stereocenters. The van der Waals surface area contributed by atoms with Crippen LogP contribution in [0, 0.1) is 0 Å². The summed E-state index contributed by atoms with van der Waals surface area (Å²) in [7, 11) is 0. The lowest BCUT2D eigenvalue weighted by atomic mass is 9.90. The molecule has 1 aliphatic carbocycles. The van der Waals surface area contributed by atoms with E-state index in [4.69, 9.17) is 5.53 Å². The molecule has 0 spiro atoms. The first kappa shape index (κ1) is 16.5. The van der Waals surface area contributed by atoms with Crippen molar-refractivity contribution in [3.8, 4) is 0 Å². The molecule has 0 saturated heterocycles. The molecule has 7 nitrogen and oxygen atoms in total. The van der Waals surface area contributed by atoms with E-state index in [1.807, 2.05) is 13.8 Å². The molecule has 0 aliphatic heterocycles. The SMILES string of the molecule is CCN(CC)C(=O)CC(=O)CC1(O)CCCC1N=[N+]=[N-]. The molecule has 0 aromatic carbocycles. The Morgan fingerprint density at radius 1 is 1.45 bits per heavy atom. The van der Waals surface area contributed by atoms with Gasteiger partial charge in [0.05, 0.1) is 18.1 Å². The summed E-state index contributed by atoms with van der Waals surface area (Å²) in [6.07, 6.45) is 1.41. The highest BCUT2D eigenvalue weighted by molar-refractivity contribution is 5.98. The zero-order valence-electron chi connectivity index (χ0n) is 12.1. The number of hydrogen-bond acceptors (Lipinski definition) is 4. The van der Waals surface area contributed by atoms with Crippen molar-refractivity contribution in [1.29, 1.82) is 0 Å². The third kappa shape index (κ3) is 3.95. The third-order valence-corrected chi connectivity index (χ3v) is 3.87. The molecule has 0 bridgehead atoms. The molecule has 0 aromatic rings. The van der Waals surface area contributed by atoms with E-state index in [9.17, 15) is 14.7 Å². The number of amides is 1. The molecule has 1 saturated carbocycles. The second kappa shape index (κ2) is 7.26. The van der Waals surface area contributed by atoms with Gasteiger partial charge in [0.1, 0.15) is 5.78 Å². The van der Waals surface area contributed by atoms with Crippen LogP contribution in [0.4, 0.5) is 0 Å². The van der Waals surface area contributed by atoms with Gasteiger partial charge in [-0.3, -0.25) is 9.59 Å². The van der Waals surface area contributed by atoms with E-state index in [1.54, 1.807) is 4.90 Å². The summed E-state index contributed by atoms with van der Waals surface area (Å²) in [5.41, 5.74) is 7.19. The maximum Gasteiger partial charge on any atom is 0.229 e. The number of nitrogens with zero attached hydrogens (tertiary/aromatic N) is 4. The minimum absolute atomic E-state index is 0.121. The Labute approximate surface area is 118 Å². The minimum atomic E-state index is -1.28. The maximum absolute atomic E-state index is 12.0. The molecule has 0 radical (unpaired) electrons. The Kier molecular flexibility index (Phi) is 5.98. The molecule has 112 valence electrons. The fraction of sp³-hybridized carbons (Fsp3) is 0.846. The van der Waals surface area contributed by atoms with Crippen molar-refractivity contribution in [2.24, 2.45) is 5.11 Å². The van der Waals surface area contributed by atoms with Gasteiger partial charge in [-0.05, 0) is 32.2 Å². The molecular formula is C13H22N4O3. The summed E-state index contributed by atoms with van der Waals surface area (Å²) < 4.78 is 0. The fourth-order valence-corrected chi connectivity index (χ4v) is 2.73. The first-order valence-electron chi connectivity index (χ1n) is 7.03. The first-order valence-corrected chi connectivity index (χ1v) is 7.03. The third-order valence-electron chi connectivity index (χ3n) is 3.87. The number of azide groups is 1. The molecule has 1 fully saturated rings.